The van der Waals surface area contributed by atoms with Gasteiger partial charge in [-0.2, -0.15) is 0 Å². The lowest BCUT2D eigenvalue weighted by molar-refractivity contribution is -0.113. The van der Waals surface area contributed by atoms with Gasteiger partial charge >= 0.3 is 0 Å². The Bertz CT molecular complexity index is 1280. The zero-order valence-corrected chi connectivity index (χ0v) is 20.1. The zero-order chi connectivity index (χ0) is 23.4. The fraction of sp³-hybridized carbons (Fsp3) is 0.269. The summed E-state index contributed by atoms with van der Waals surface area (Å²) in [6.07, 6.45) is -0.266. The second-order valence-electron chi connectivity index (χ2n) is 7.98. The predicted molar refractivity (Wildman–Crippen MR) is 134 cm³/mol. The topological polar surface area (TPSA) is 69.0 Å². The highest BCUT2D eigenvalue weighted by Gasteiger charge is 2.20. The van der Waals surface area contributed by atoms with Crippen molar-refractivity contribution in [2.75, 3.05) is 11.1 Å². The molecule has 0 radical (unpaired) electrons. The first kappa shape index (κ1) is 22.9. The van der Waals surface area contributed by atoms with Crippen LogP contribution in [0.1, 0.15) is 36.9 Å². The quantitative estimate of drug-likeness (QED) is 0.330. The van der Waals surface area contributed by atoms with Gasteiger partial charge in [0, 0.05) is 17.6 Å². The van der Waals surface area contributed by atoms with Crippen molar-refractivity contribution in [3.8, 4) is 5.75 Å². The minimum absolute atomic E-state index is 0.0804. The van der Waals surface area contributed by atoms with Gasteiger partial charge in [0.25, 0.3) is 0 Å². The van der Waals surface area contributed by atoms with E-state index in [2.05, 4.69) is 28.5 Å². The molecule has 1 atom stereocenters. The number of aryl methyl sites for hydroxylation is 2. The molecule has 4 aromatic rings. The number of hydrogen-bond donors (Lipinski definition) is 1. The van der Waals surface area contributed by atoms with Gasteiger partial charge in [-0.1, -0.05) is 65.9 Å². The molecule has 1 aromatic heterocycles. The third-order valence-corrected chi connectivity index (χ3v) is 6.42. The lowest BCUT2D eigenvalue weighted by Gasteiger charge is -2.17. The van der Waals surface area contributed by atoms with Crippen molar-refractivity contribution in [1.29, 1.82) is 0 Å². The summed E-state index contributed by atoms with van der Waals surface area (Å²) in [7, 11) is 0. The van der Waals surface area contributed by atoms with Gasteiger partial charge in [0.2, 0.25) is 5.91 Å². The van der Waals surface area contributed by atoms with Crippen LogP contribution in [0.2, 0.25) is 0 Å². The maximum atomic E-state index is 12.7. The van der Waals surface area contributed by atoms with Crippen molar-refractivity contribution in [1.82, 2.24) is 14.8 Å². The van der Waals surface area contributed by atoms with E-state index in [1.807, 2.05) is 79.9 Å². The molecule has 0 aliphatic rings. The maximum absolute atomic E-state index is 12.7. The van der Waals surface area contributed by atoms with E-state index in [1.165, 1.54) is 17.3 Å². The zero-order valence-electron chi connectivity index (χ0n) is 19.3. The summed E-state index contributed by atoms with van der Waals surface area (Å²) in [6, 6.07) is 20.0. The van der Waals surface area contributed by atoms with E-state index in [0.717, 1.165) is 33.6 Å². The molecule has 0 saturated carbocycles. The Morgan fingerprint density at radius 3 is 2.67 bits per heavy atom. The van der Waals surface area contributed by atoms with Crippen LogP contribution in [0.5, 0.6) is 5.75 Å². The van der Waals surface area contributed by atoms with Crippen molar-refractivity contribution in [3.05, 3.63) is 77.6 Å². The standard InChI is InChI=1S/C26H28N4O2S/c1-5-30-25(19(4)32-23-14-13-17(2)15-18(23)3)28-29-26(30)33-16-24(31)27-22-12-8-10-20-9-6-7-11-21(20)22/h6-15,19H,5,16H2,1-4H3,(H,27,31). The fourth-order valence-electron chi connectivity index (χ4n) is 3.83. The lowest BCUT2D eigenvalue weighted by atomic mass is 10.1. The molecule has 4 rings (SSSR count). The summed E-state index contributed by atoms with van der Waals surface area (Å²) >= 11 is 1.38. The average Bonchev–Trinajstić information content (AvgIpc) is 3.23. The minimum Gasteiger partial charge on any atom is -0.482 e. The molecule has 0 spiro atoms. The van der Waals surface area contributed by atoms with Crippen LogP contribution >= 0.6 is 11.8 Å². The van der Waals surface area contributed by atoms with Crippen molar-refractivity contribution in [2.24, 2.45) is 0 Å². The number of rotatable bonds is 8. The number of ether oxygens (including phenoxy) is 1. The maximum Gasteiger partial charge on any atom is 0.234 e. The molecule has 1 amide bonds. The first-order valence-corrected chi connectivity index (χ1v) is 12.0. The Hall–Kier alpha value is -3.32. The van der Waals surface area contributed by atoms with Crippen LogP contribution < -0.4 is 10.1 Å². The van der Waals surface area contributed by atoms with Gasteiger partial charge < -0.3 is 14.6 Å². The number of nitrogens with one attached hydrogen (secondary N) is 1. The second kappa shape index (κ2) is 10.1. The van der Waals surface area contributed by atoms with E-state index < -0.39 is 0 Å². The lowest BCUT2D eigenvalue weighted by Crippen LogP contribution is -2.15. The van der Waals surface area contributed by atoms with Gasteiger partial charge in [0.05, 0.1) is 5.75 Å². The average molecular weight is 461 g/mol. The van der Waals surface area contributed by atoms with Gasteiger partial charge in [-0.05, 0) is 50.8 Å². The number of nitrogens with zero attached hydrogens (tertiary/aromatic N) is 3. The molecular formula is C26H28N4O2S. The van der Waals surface area contributed by atoms with Crippen LogP contribution in [-0.4, -0.2) is 26.4 Å². The number of carbonyl (C=O) groups is 1. The van der Waals surface area contributed by atoms with Gasteiger partial charge in [-0.15, -0.1) is 10.2 Å². The van der Waals surface area contributed by atoms with E-state index in [0.29, 0.717) is 11.7 Å². The molecule has 0 aliphatic carbocycles. The third kappa shape index (κ3) is 5.20. The summed E-state index contributed by atoms with van der Waals surface area (Å²) in [5, 5.41) is 14.5. The molecule has 1 N–H and O–H groups in total. The number of fused-ring (bicyclic) bond motifs is 1. The Morgan fingerprint density at radius 1 is 1.09 bits per heavy atom. The molecule has 1 unspecified atom stereocenters. The van der Waals surface area contributed by atoms with E-state index in [4.69, 9.17) is 4.74 Å². The molecular weight excluding hydrogens is 432 g/mol. The van der Waals surface area contributed by atoms with Gasteiger partial charge in [-0.25, -0.2) is 0 Å². The molecule has 0 fully saturated rings. The van der Waals surface area contributed by atoms with Crippen LogP contribution in [0.25, 0.3) is 10.8 Å². The Labute approximate surface area is 198 Å². The number of benzene rings is 3. The molecule has 1 heterocycles. The first-order chi connectivity index (χ1) is 16.0. The molecule has 0 bridgehead atoms. The minimum atomic E-state index is -0.266. The largest absolute Gasteiger partial charge is 0.482 e. The first-order valence-electron chi connectivity index (χ1n) is 11.0. The summed E-state index contributed by atoms with van der Waals surface area (Å²) in [5.74, 6) is 1.74. The monoisotopic (exact) mass is 460 g/mol. The highest BCUT2D eigenvalue weighted by atomic mass is 32.2. The molecule has 0 aliphatic heterocycles. The molecule has 3 aromatic carbocycles. The SMILES string of the molecule is CCn1c(SCC(=O)Nc2cccc3ccccc23)nnc1C(C)Oc1ccc(C)cc1C. The smallest absolute Gasteiger partial charge is 0.234 e. The van der Waals surface area contributed by atoms with Crippen molar-refractivity contribution in [3.63, 3.8) is 0 Å². The summed E-state index contributed by atoms with van der Waals surface area (Å²) < 4.78 is 8.18. The second-order valence-corrected chi connectivity index (χ2v) is 8.92. The van der Waals surface area contributed by atoms with Crippen LogP contribution in [0.4, 0.5) is 5.69 Å². The normalized spacial score (nSPS) is 12.0. The molecule has 0 saturated heterocycles. The Balaban J connectivity index is 1.43. The molecule has 6 nitrogen and oxygen atoms in total. The van der Waals surface area contributed by atoms with Crippen LogP contribution in [-0.2, 0) is 11.3 Å². The number of aromatic nitrogens is 3. The third-order valence-electron chi connectivity index (χ3n) is 5.46. The number of thioether (sulfide) groups is 1. The molecule has 7 heteroatoms. The molecule has 33 heavy (non-hydrogen) atoms. The number of amides is 1. The Kier molecular flexibility index (Phi) is 6.99. The van der Waals surface area contributed by atoms with E-state index in [1.54, 1.807) is 0 Å². The van der Waals surface area contributed by atoms with Crippen molar-refractivity contribution < 1.29 is 9.53 Å². The highest BCUT2D eigenvalue weighted by molar-refractivity contribution is 7.99. The molecule has 170 valence electrons. The van der Waals surface area contributed by atoms with E-state index in [9.17, 15) is 4.79 Å². The van der Waals surface area contributed by atoms with Gasteiger partial charge in [0.15, 0.2) is 17.1 Å². The number of anilines is 1. The van der Waals surface area contributed by atoms with Crippen LogP contribution in [0.15, 0.2) is 65.8 Å². The summed E-state index contributed by atoms with van der Waals surface area (Å²) in [6.45, 7) is 8.80. The van der Waals surface area contributed by atoms with Crippen LogP contribution in [0.3, 0.4) is 0 Å². The predicted octanol–water partition coefficient (Wildman–Crippen LogP) is 5.94. The van der Waals surface area contributed by atoms with Crippen LogP contribution in [0, 0.1) is 13.8 Å². The van der Waals surface area contributed by atoms with Crippen molar-refractivity contribution >= 4 is 34.1 Å². The highest BCUT2D eigenvalue weighted by Crippen LogP contribution is 2.28. The number of carbonyl (C=O) groups excluding carboxylic acids is 1. The van der Waals surface area contributed by atoms with Gasteiger partial charge in [-0.3, -0.25) is 4.79 Å². The van der Waals surface area contributed by atoms with Gasteiger partial charge in [0.1, 0.15) is 5.75 Å². The van der Waals surface area contributed by atoms with E-state index in [-0.39, 0.29) is 17.8 Å². The summed E-state index contributed by atoms with van der Waals surface area (Å²) in [4.78, 5) is 12.7. The summed E-state index contributed by atoms with van der Waals surface area (Å²) in [5.41, 5.74) is 3.10. The van der Waals surface area contributed by atoms with Crippen molar-refractivity contribution in [2.45, 2.75) is 45.5 Å². The number of hydrogen-bond acceptors (Lipinski definition) is 5. The fourth-order valence-corrected chi connectivity index (χ4v) is 4.64. The Morgan fingerprint density at radius 2 is 1.88 bits per heavy atom. The van der Waals surface area contributed by atoms with E-state index >= 15 is 0 Å².